The van der Waals surface area contributed by atoms with E-state index in [4.69, 9.17) is 36.5 Å². The lowest BCUT2D eigenvalue weighted by Gasteiger charge is -2.36. The molecule has 2 unspecified atom stereocenters. The van der Waals surface area contributed by atoms with Crippen LogP contribution in [-0.4, -0.2) is 77.1 Å². The van der Waals surface area contributed by atoms with Gasteiger partial charge in [0.25, 0.3) is 0 Å². The molecule has 3 aromatic rings. The summed E-state index contributed by atoms with van der Waals surface area (Å²) in [6.07, 6.45) is 2.94. The second kappa shape index (κ2) is 10.1. The van der Waals surface area contributed by atoms with E-state index in [2.05, 4.69) is 30.8 Å². The maximum atomic E-state index is 15.8. The average Bonchev–Trinajstić information content (AvgIpc) is 3.63. The fraction of sp³-hybridized carbons (Fsp3) is 0.519. The molecule has 0 spiro atoms. The first-order valence-corrected chi connectivity index (χ1v) is 14.6. The minimum atomic E-state index is -0.898. The molecule has 0 bridgehead atoms. The van der Waals surface area contributed by atoms with Crippen molar-refractivity contribution in [1.82, 2.24) is 19.9 Å². The molecule has 0 aliphatic carbocycles. The number of ether oxygens (including phenoxy) is 3. The Hall–Kier alpha value is -2.54. The fourth-order valence-electron chi connectivity index (χ4n) is 6.66. The van der Waals surface area contributed by atoms with E-state index < -0.39 is 17.5 Å². The minimum absolute atomic E-state index is 0.00491. The third-order valence-electron chi connectivity index (χ3n) is 8.67. The van der Waals surface area contributed by atoms with Crippen molar-refractivity contribution in [3.8, 4) is 11.8 Å². The number of benzene rings is 1. The third kappa shape index (κ3) is 4.26. The lowest BCUT2D eigenvalue weighted by molar-refractivity contribution is 0.107. The van der Waals surface area contributed by atoms with Gasteiger partial charge in [0.05, 0.1) is 41.3 Å². The van der Waals surface area contributed by atoms with E-state index in [9.17, 15) is 4.39 Å². The quantitative estimate of drug-likeness (QED) is 0.405. The van der Waals surface area contributed by atoms with Crippen LogP contribution < -0.4 is 20.1 Å². The number of pyridine rings is 1. The van der Waals surface area contributed by atoms with E-state index in [0.717, 1.165) is 24.9 Å². The van der Waals surface area contributed by atoms with Crippen molar-refractivity contribution in [2.24, 2.45) is 5.92 Å². The number of nitrogen functional groups attached to an aromatic ring is 1. The molecule has 13 heteroatoms. The van der Waals surface area contributed by atoms with Crippen LogP contribution in [0.15, 0.2) is 22.8 Å². The van der Waals surface area contributed by atoms with Gasteiger partial charge in [0, 0.05) is 37.2 Å². The largest absolute Gasteiger partial charge is 0.491 e. The van der Waals surface area contributed by atoms with E-state index in [1.165, 1.54) is 0 Å². The second-order valence-electron chi connectivity index (χ2n) is 11.0. The normalized spacial score (nSPS) is 27.8. The monoisotopic (exact) mass is 636 g/mol. The Kier molecular flexibility index (Phi) is 6.64. The average molecular weight is 638 g/mol. The summed E-state index contributed by atoms with van der Waals surface area (Å²) in [5.74, 6) is 0.429. The number of hydrogen-bond donors (Lipinski definition) is 1. The van der Waals surface area contributed by atoms with Gasteiger partial charge in [0.1, 0.15) is 35.0 Å². The maximum Gasteiger partial charge on any atom is 0.319 e. The summed E-state index contributed by atoms with van der Waals surface area (Å²) in [5.41, 5.74) is 6.63. The lowest BCUT2D eigenvalue weighted by Crippen LogP contribution is -2.44. The molecule has 2 aromatic heterocycles. The molecule has 6 heterocycles. The summed E-state index contributed by atoms with van der Waals surface area (Å²) >= 11 is 9.91. The Balaban J connectivity index is 1.38. The molecule has 9 nitrogen and oxygen atoms in total. The number of halogens is 4. The first-order valence-electron chi connectivity index (χ1n) is 13.4. The van der Waals surface area contributed by atoms with Crippen LogP contribution in [0.3, 0.4) is 0 Å². The molecule has 1 aromatic carbocycles. The molecule has 4 aliphatic rings. The molecule has 40 heavy (non-hydrogen) atoms. The third-order valence-corrected chi connectivity index (χ3v) is 10.00. The fourth-order valence-corrected chi connectivity index (χ4v) is 7.26. The molecule has 7 rings (SSSR count). The minimum Gasteiger partial charge on any atom is -0.491 e. The van der Waals surface area contributed by atoms with Gasteiger partial charge in [0.15, 0.2) is 11.6 Å². The lowest BCUT2D eigenvalue weighted by atomic mass is 9.95. The number of anilines is 2. The number of nitrogens with two attached hydrogens (primary N) is 1. The number of fused-ring (bicyclic) bond motifs is 2. The van der Waals surface area contributed by atoms with Gasteiger partial charge in [-0.3, -0.25) is 4.90 Å². The number of alkyl halides is 1. The zero-order chi connectivity index (χ0) is 27.6. The van der Waals surface area contributed by atoms with Crippen LogP contribution in [0.5, 0.6) is 11.8 Å². The van der Waals surface area contributed by atoms with Crippen LogP contribution >= 0.6 is 27.5 Å². The number of rotatable bonds is 5. The highest BCUT2D eigenvalue weighted by Gasteiger charge is 2.49. The maximum absolute atomic E-state index is 15.8. The number of nitrogens with zero attached hydrogens (tertiary/aromatic N) is 5. The van der Waals surface area contributed by atoms with Gasteiger partial charge in [0.2, 0.25) is 0 Å². The standard InChI is InChI=1S/C27H28BrClF2N6O3/c28-19-20(29)23-18-22(21(19)31)34-26(40-13-27-4-2-6-36(27)9-16(30)7-27)35-25(18)37(8-14-3-1-5-33-24(14)32)17-12-38-10-15(17)11-39-23/h1,3,5,15-17H,2,4,6-13H2,(H2,32,33)/t15?,16-,17?,27+/m1/s1. The predicted molar refractivity (Wildman–Crippen MR) is 149 cm³/mol. The van der Waals surface area contributed by atoms with Crippen LogP contribution in [0.1, 0.15) is 24.8 Å². The van der Waals surface area contributed by atoms with Crippen molar-refractivity contribution in [1.29, 1.82) is 0 Å². The first-order chi connectivity index (χ1) is 19.3. The zero-order valence-electron chi connectivity index (χ0n) is 21.6. The van der Waals surface area contributed by atoms with Gasteiger partial charge in [-0.2, -0.15) is 9.97 Å². The summed E-state index contributed by atoms with van der Waals surface area (Å²) in [6, 6.07) is 3.58. The molecule has 0 amide bonds. The molecule has 0 radical (unpaired) electrons. The van der Waals surface area contributed by atoms with Crippen molar-refractivity contribution in [3.05, 3.63) is 39.2 Å². The Morgan fingerprint density at radius 2 is 2.15 bits per heavy atom. The highest BCUT2D eigenvalue weighted by atomic mass is 79.9. The number of hydrogen-bond acceptors (Lipinski definition) is 9. The van der Waals surface area contributed by atoms with E-state index >= 15 is 4.39 Å². The van der Waals surface area contributed by atoms with Gasteiger partial charge in [-0.25, -0.2) is 13.8 Å². The molecular formula is C27H28BrClF2N6O3. The van der Waals surface area contributed by atoms with Crippen LogP contribution in [0.25, 0.3) is 10.9 Å². The topological polar surface area (TPSA) is 98.9 Å². The Bertz CT molecular complexity index is 1490. The summed E-state index contributed by atoms with van der Waals surface area (Å²) in [4.78, 5) is 17.8. The van der Waals surface area contributed by atoms with E-state index in [0.29, 0.717) is 56.4 Å². The van der Waals surface area contributed by atoms with Crippen LogP contribution in [0.2, 0.25) is 5.02 Å². The summed E-state index contributed by atoms with van der Waals surface area (Å²) in [6.45, 7) is 3.01. The van der Waals surface area contributed by atoms with Gasteiger partial charge in [-0.05, 0) is 41.4 Å². The SMILES string of the molecule is Nc1ncccc1CN1c2nc(OC[C@@]34CCCN3C[C@H](F)C4)nc3c(F)c(Br)c(Cl)c(c23)OCC2COCC21. The molecule has 3 fully saturated rings. The van der Waals surface area contributed by atoms with Crippen LogP contribution in [-0.2, 0) is 11.3 Å². The van der Waals surface area contributed by atoms with Crippen LogP contribution in [0, 0.1) is 11.7 Å². The molecule has 3 saturated heterocycles. The highest BCUT2D eigenvalue weighted by molar-refractivity contribution is 9.10. The summed E-state index contributed by atoms with van der Waals surface area (Å²) < 4.78 is 48.5. The van der Waals surface area contributed by atoms with E-state index in [1.54, 1.807) is 6.20 Å². The predicted octanol–water partition coefficient (Wildman–Crippen LogP) is 4.53. The second-order valence-corrected chi connectivity index (χ2v) is 12.2. The molecule has 2 N–H and O–H groups in total. The molecule has 4 atom stereocenters. The van der Waals surface area contributed by atoms with Gasteiger partial charge in [-0.15, -0.1) is 0 Å². The Morgan fingerprint density at radius 3 is 3.00 bits per heavy atom. The highest BCUT2D eigenvalue weighted by Crippen LogP contribution is 2.48. The summed E-state index contributed by atoms with van der Waals surface area (Å²) in [5, 5.41) is 0.443. The van der Waals surface area contributed by atoms with Crippen molar-refractivity contribution >= 4 is 50.1 Å². The van der Waals surface area contributed by atoms with Crippen LogP contribution in [0.4, 0.5) is 20.4 Å². The molecule has 0 saturated carbocycles. The van der Waals surface area contributed by atoms with Gasteiger partial charge >= 0.3 is 6.01 Å². The van der Waals surface area contributed by atoms with E-state index in [1.807, 2.05) is 17.0 Å². The van der Waals surface area contributed by atoms with Gasteiger partial charge < -0.3 is 24.8 Å². The smallest absolute Gasteiger partial charge is 0.319 e. The molecule has 4 aliphatic heterocycles. The number of aromatic nitrogens is 3. The van der Waals surface area contributed by atoms with Crippen molar-refractivity contribution in [3.63, 3.8) is 0 Å². The van der Waals surface area contributed by atoms with Crippen molar-refractivity contribution < 1.29 is 23.0 Å². The zero-order valence-corrected chi connectivity index (χ0v) is 23.9. The van der Waals surface area contributed by atoms with Gasteiger partial charge in [-0.1, -0.05) is 17.7 Å². The van der Waals surface area contributed by atoms with E-state index in [-0.39, 0.29) is 45.3 Å². The summed E-state index contributed by atoms with van der Waals surface area (Å²) in [7, 11) is 0. The van der Waals surface area contributed by atoms with Crippen molar-refractivity contribution in [2.75, 3.05) is 50.2 Å². The first kappa shape index (κ1) is 26.4. The Labute approximate surface area is 243 Å². The molecular weight excluding hydrogens is 610 g/mol. The Morgan fingerprint density at radius 1 is 1.27 bits per heavy atom. The molecule has 212 valence electrons. The van der Waals surface area contributed by atoms with Crippen molar-refractivity contribution in [2.45, 2.75) is 43.6 Å².